The highest BCUT2D eigenvalue weighted by Crippen LogP contribution is 2.34. The lowest BCUT2D eigenvalue weighted by Gasteiger charge is -2.16. The van der Waals surface area contributed by atoms with E-state index in [0.29, 0.717) is 22.9 Å². The molecule has 1 fully saturated rings. The number of halogens is 5. The Labute approximate surface area is 215 Å². The minimum absolute atomic E-state index is 0.0481. The quantitative estimate of drug-likeness (QED) is 0.352. The van der Waals surface area contributed by atoms with Crippen LogP contribution in [0.25, 0.3) is 0 Å². The highest BCUT2D eigenvalue weighted by Gasteiger charge is 2.32. The standard InChI is InChI=1S/C23H20Cl2F3N3O4S/c1-31-9-8-17(13-31)34-20-12-15(2-7-19(20)24)30-36(32,33)18-5-3-16(4-6-18)35-22-11-14(23(26,27)28)10-21(25)29-22/h2-7,10-12,17,30H,8-9,13H2,1H3. The number of ether oxygens (including phenoxy) is 2. The molecule has 0 radical (unpaired) electrons. The number of alkyl halides is 3. The van der Waals surface area contributed by atoms with Gasteiger partial charge in [0, 0.05) is 25.2 Å². The predicted molar refractivity (Wildman–Crippen MR) is 130 cm³/mol. The van der Waals surface area contributed by atoms with Gasteiger partial charge in [-0.25, -0.2) is 13.4 Å². The maximum Gasteiger partial charge on any atom is 0.416 e. The van der Waals surface area contributed by atoms with E-state index < -0.39 is 26.9 Å². The molecule has 0 aliphatic carbocycles. The fraction of sp³-hybridized carbons (Fsp3) is 0.261. The fourth-order valence-corrected chi connectivity index (χ4v) is 4.95. The molecule has 1 atom stereocenters. The summed E-state index contributed by atoms with van der Waals surface area (Å²) >= 11 is 11.9. The molecule has 0 bridgehead atoms. The zero-order chi connectivity index (χ0) is 26.1. The van der Waals surface area contributed by atoms with Crippen LogP contribution in [0.2, 0.25) is 10.2 Å². The van der Waals surface area contributed by atoms with E-state index in [1.54, 1.807) is 0 Å². The number of sulfonamides is 1. The summed E-state index contributed by atoms with van der Waals surface area (Å²) in [5, 5.41) is -0.0354. The Hall–Kier alpha value is -2.73. The molecule has 13 heteroatoms. The van der Waals surface area contributed by atoms with Crippen LogP contribution >= 0.6 is 23.2 Å². The largest absolute Gasteiger partial charge is 0.487 e. The van der Waals surface area contributed by atoms with Crippen LogP contribution in [-0.2, 0) is 16.2 Å². The van der Waals surface area contributed by atoms with Crippen molar-refractivity contribution in [1.29, 1.82) is 0 Å². The Kier molecular flexibility index (Phi) is 7.56. The van der Waals surface area contributed by atoms with Gasteiger partial charge in [-0.2, -0.15) is 13.2 Å². The predicted octanol–water partition coefficient (Wildman–Crippen LogP) is 6.08. The van der Waals surface area contributed by atoms with Crippen LogP contribution in [0.15, 0.2) is 59.5 Å². The number of hydrogen-bond acceptors (Lipinski definition) is 6. The summed E-state index contributed by atoms with van der Waals surface area (Å²) < 4.78 is 78.4. The monoisotopic (exact) mass is 561 g/mol. The van der Waals surface area contributed by atoms with Crippen LogP contribution in [0.1, 0.15) is 12.0 Å². The molecule has 7 nitrogen and oxygen atoms in total. The molecule has 2 aromatic carbocycles. The van der Waals surface area contributed by atoms with Gasteiger partial charge >= 0.3 is 6.18 Å². The summed E-state index contributed by atoms with van der Waals surface area (Å²) in [6, 6.07) is 11.0. The number of nitrogens with one attached hydrogen (secondary N) is 1. The first-order valence-corrected chi connectivity index (χ1v) is 12.8. The van der Waals surface area contributed by atoms with Crippen molar-refractivity contribution in [3.05, 3.63) is 70.3 Å². The van der Waals surface area contributed by atoms with Crippen molar-refractivity contribution in [2.45, 2.75) is 23.6 Å². The second kappa shape index (κ2) is 10.3. The second-order valence-corrected chi connectivity index (χ2v) is 10.6. The van der Waals surface area contributed by atoms with Crippen LogP contribution < -0.4 is 14.2 Å². The van der Waals surface area contributed by atoms with E-state index in [1.807, 2.05) is 7.05 Å². The molecule has 2 heterocycles. The van der Waals surface area contributed by atoms with Crippen molar-refractivity contribution in [2.75, 3.05) is 24.9 Å². The van der Waals surface area contributed by atoms with Crippen molar-refractivity contribution in [3.8, 4) is 17.4 Å². The number of likely N-dealkylation sites (N-methyl/N-ethyl adjacent to an activating group) is 1. The molecule has 0 spiro atoms. The first-order chi connectivity index (χ1) is 16.9. The van der Waals surface area contributed by atoms with E-state index in [4.69, 9.17) is 32.7 Å². The van der Waals surface area contributed by atoms with Crippen LogP contribution in [-0.4, -0.2) is 44.5 Å². The third-order valence-corrected chi connectivity index (χ3v) is 7.18. The highest BCUT2D eigenvalue weighted by atomic mass is 35.5. The summed E-state index contributed by atoms with van der Waals surface area (Å²) in [5.74, 6) is 0.0550. The Morgan fingerprint density at radius 1 is 1.08 bits per heavy atom. The molecule has 0 saturated carbocycles. The summed E-state index contributed by atoms with van der Waals surface area (Å²) in [6.07, 6.45) is -3.85. The van der Waals surface area contributed by atoms with E-state index in [0.717, 1.165) is 19.5 Å². The molecule has 1 unspecified atom stereocenters. The van der Waals surface area contributed by atoms with Gasteiger partial charge in [-0.05, 0) is 55.9 Å². The molecular weight excluding hydrogens is 542 g/mol. The first kappa shape index (κ1) is 26.3. The van der Waals surface area contributed by atoms with E-state index in [2.05, 4.69) is 14.6 Å². The molecule has 36 heavy (non-hydrogen) atoms. The Balaban J connectivity index is 1.47. The number of hydrogen-bond donors (Lipinski definition) is 1. The van der Waals surface area contributed by atoms with E-state index in [-0.39, 0.29) is 28.3 Å². The molecule has 1 aromatic heterocycles. The molecular formula is C23H20Cl2F3N3O4S. The summed E-state index contributed by atoms with van der Waals surface area (Å²) in [7, 11) is -2.02. The van der Waals surface area contributed by atoms with Crippen molar-refractivity contribution >= 4 is 38.9 Å². The Morgan fingerprint density at radius 3 is 2.44 bits per heavy atom. The smallest absolute Gasteiger partial charge is 0.416 e. The Bertz CT molecular complexity index is 1360. The summed E-state index contributed by atoms with van der Waals surface area (Å²) in [6.45, 7) is 1.63. The number of nitrogens with zero attached hydrogens (tertiary/aromatic N) is 2. The molecule has 192 valence electrons. The molecule has 1 aliphatic rings. The molecule has 1 saturated heterocycles. The van der Waals surface area contributed by atoms with Gasteiger partial charge in [0.15, 0.2) is 0 Å². The topological polar surface area (TPSA) is 80.8 Å². The molecule has 1 N–H and O–H groups in total. The van der Waals surface area contributed by atoms with Gasteiger partial charge in [-0.3, -0.25) is 4.72 Å². The minimum Gasteiger partial charge on any atom is -0.487 e. The molecule has 4 rings (SSSR count). The van der Waals surface area contributed by atoms with E-state index >= 15 is 0 Å². The van der Waals surface area contributed by atoms with Crippen molar-refractivity contribution in [3.63, 3.8) is 0 Å². The molecule has 3 aromatic rings. The normalized spacial score (nSPS) is 16.7. The first-order valence-electron chi connectivity index (χ1n) is 10.6. The maximum absolute atomic E-state index is 13.0. The number of benzene rings is 2. The number of likely N-dealkylation sites (tertiary alicyclic amines) is 1. The van der Waals surface area contributed by atoms with Gasteiger partial charge in [0.1, 0.15) is 22.8 Å². The number of anilines is 1. The summed E-state index contributed by atoms with van der Waals surface area (Å²) in [4.78, 5) is 5.74. The van der Waals surface area contributed by atoms with Gasteiger partial charge in [0.2, 0.25) is 5.88 Å². The van der Waals surface area contributed by atoms with Gasteiger partial charge in [-0.1, -0.05) is 23.2 Å². The van der Waals surface area contributed by atoms with Crippen LogP contribution in [0.5, 0.6) is 17.4 Å². The van der Waals surface area contributed by atoms with Crippen molar-refractivity contribution in [1.82, 2.24) is 9.88 Å². The lowest BCUT2D eigenvalue weighted by Crippen LogP contribution is -2.21. The fourth-order valence-electron chi connectivity index (χ4n) is 3.54. The average molecular weight is 562 g/mol. The maximum atomic E-state index is 13.0. The van der Waals surface area contributed by atoms with E-state index in [1.165, 1.54) is 42.5 Å². The Morgan fingerprint density at radius 2 is 1.81 bits per heavy atom. The van der Waals surface area contributed by atoms with Crippen LogP contribution in [0.4, 0.5) is 18.9 Å². The van der Waals surface area contributed by atoms with Gasteiger partial charge in [-0.15, -0.1) is 0 Å². The lowest BCUT2D eigenvalue weighted by atomic mass is 10.2. The SMILES string of the molecule is CN1CCC(Oc2cc(NS(=O)(=O)c3ccc(Oc4cc(C(F)(F)F)cc(Cl)n4)cc3)ccc2Cl)C1. The third-order valence-electron chi connectivity index (χ3n) is 5.28. The number of aromatic nitrogens is 1. The number of rotatable bonds is 7. The zero-order valence-electron chi connectivity index (χ0n) is 18.7. The zero-order valence-corrected chi connectivity index (χ0v) is 21.0. The lowest BCUT2D eigenvalue weighted by molar-refractivity contribution is -0.137. The van der Waals surface area contributed by atoms with Crippen molar-refractivity contribution in [2.24, 2.45) is 0 Å². The third kappa shape index (κ3) is 6.52. The van der Waals surface area contributed by atoms with Crippen LogP contribution in [0, 0.1) is 0 Å². The molecule has 0 amide bonds. The minimum atomic E-state index is -4.63. The summed E-state index contributed by atoms with van der Waals surface area (Å²) in [5.41, 5.74) is -0.768. The average Bonchev–Trinajstić information content (AvgIpc) is 3.20. The van der Waals surface area contributed by atoms with Gasteiger partial charge in [0.25, 0.3) is 10.0 Å². The van der Waals surface area contributed by atoms with Crippen LogP contribution in [0.3, 0.4) is 0 Å². The van der Waals surface area contributed by atoms with Gasteiger partial charge < -0.3 is 14.4 Å². The van der Waals surface area contributed by atoms with Gasteiger partial charge in [0.05, 0.1) is 21.2 Å². The number of pyridine rings is 1. The van der Waals surface area contributed by atoms with E-state index in [9.17, 15) is 21.6 Å². The highest BCUT2D eigenvalue weighted by molar-refractivity contribution is 7.92. The molecule has 1 aliphatic heterocycles. The van der Waals surface area contributed by atoms with Crippen molar-refractivity contribution < 1.29 is 31.1 Å². The second-order valence-electron chi connectivity index (χ2n) is 8.13.